The number of nitrogens with zero attached hydrogens (tertiary/aromatic N) is 7. The molecule has 4 aromatic rings. The van der Waals surface area contributed by atoms with E-state index in [1.54, 1.807) is 6.20 Å². The number of aromatic amines is 1. The van der Waals surface area contributed by atoms with Gasteiger partial charge in [0.2, 0.25) is 15.8 Å². The Morgan fingerprint density at radius 1 is 1.07 bits per heavy atom. The van der Waals surface area contributed by atoms with Gasteiger partial charge in [-0.05, 0) is 37.1 Å². The Kier molecular flexibility index (Phi) is 7.63. The minimum atomic E-state index is -3.57. The molecule has 2 N–H and O–H groups in total. The van der Waals surface area contributed by atoms with Crippen LogP contribution in [0.25, 0.3) is 23.3 Å². The zero-order chi connectivity index (χ0) is 30.1. The maximum absolute atomic E-state index is 12.1. The van der Waals surface area contributed by atoms with Gasteiger partial charge in [0.1, 0.15) is 11.5 Å². The molecule has 0 spiro atoms. The third kappa shape index (κ3) is 6.11. The first kappa shape index (κ1) is 28.4. The highest BCUT2D eigenvalue weighted by molar-refractivity contribution is 7.90. The van der Waals surface area contributed by atoms with Crippen molar-refractivity contribution in [2.75, 3.05) is 31.2 Å². The van der Waals surface area contributed by atoms with Gasteiger partial charge in [0.15, 0.2) is 5.82 Å². The first-order valence-corrected chi connectivity index (χ1v) is 15.8. The largest absolute Gasteiger partial charge is 0.343 e. The Labute approximate surface area is 250 Å². The molecule has 0 bridgehead atoms. The third-order valence-corrected chi connectivity index (χ3v) is 8.30. The second-order valence-corrected chi connectivity index (χ2v) is 12.9. The number of allylic oxidation sites excluding steroid dienone is 2. The van der Waals surface area contributed by atoms with Gasteiger partial charge in [-0.3, -0.25) is 15.0 Å². The summed E-state index contributed by atoms with van der Waals surface area (Å²) in [5.41, 5.74) is 5.73. The van der Waals surface area contributed by atoms with Gasteiger partial charge in [0.25, 0.3) is 5.16 Å². The van der Waals surface area contributed by atoms with Gasteiger partial charge in [-0.2, -0.15) is 10.1 Å². The Balaban J connectivity index is 1.18. The molecule has 2 aliphatic heterocycles. The fraction of sp³-hybridized carbons (Fsp3) is 0.258. The van der Waals surface area contributed by atoms with E-state index in [2.05, 4.69) is 66.1 Å². The summed E-state index contributed by atoms with van der Waals surface area (Å²) in [5, 5.41) is 14.8. The molecule has 12 heteroatoms. The Morgan fingerprint density at radius 2 is 1.84 bits per heavy atom. The Morgan fingerprint density at radius 3 is 2.53 bits per heavy atom. The molecule has 3 aromatic heterocycles. The molecule has 0 aliphatic carbocycles. The highest BCUT2D eigenvalue weighted by Gasteiger charge is 2.31. The summed E-state index contributed by atoms with van der Waals surface area (Å²) >= 11 is 0. The summed E-state index contributed by atoms with van der Waals surface area (Å²) in [6, 6.07) is 15.3. The zero-order valence-corrected chi connectivity index (χ0v) is 25.1. The van der Waals surface area contributed by atoms with Crippen LogP contribution in [0.15, 0.2) is 95.3 Å². The van der Waals surface area contributed by atoms with Gasteiger partial charge in [-0.25, -0.2) is 18.1 Å². The average molecular weight is 596 g/mol. The highest BCUT2D eigenvalue weighted by Crippen LogP contribution is 2.34. The minimum Gasteiger partial charge on any atom is -0.343 e. The van der Waals surface area contributed by atoms with Crippen LogP contribution in [-0.4, -0.2) is 80.2 Å². The van der Waals surface area contributed by atoms with Crippen LogP contribution in [-0.2, 0) is 9.84 Å². The molecular formula is C31H33N9O2S. The number of hydrogen-bond acceptors (Lipinski definition) is 9. The number of hydrogen-bond donors (Lipinski definition) is 2. The maximum atomic E-state index is 12.1. The van der Waals surface area contributed by atoms with Crippen molar-refractivity contribution in [2.45, 2.75) is 31.0 Å². The maximum Gasteiger partial charge on any atom is 0.268 e. The van der Waals surface area contributed by atoms with Crippen LogP contribution < -0.4 is 5.32 Å². The van der Waals surface area contributed by atoms with Crippen LogP contribution in [0.1, 0.15) is 31.2 Å². The first-order valence-electron chi connectivity index (χ1n) is 14.0. The average Bonchev–Trinajstić information content (AvgIpc) is 3.63. The lowest BCUT2D eigenvalue weighted by Gasteiger charge is -2.38. The molecule has 5 heterocycles. The number of H-pyrrole nitrogens is 1. The van der Waals surface area contributed by atoms with Gasteiger partial charge >= 0.3 is 0 Å². The number of sulfone groups is 1. The second kappa shape index (κ2) is 11.5. The topological polar surface area (TPSA) is 135 Å². The van der Waals surface area contributed by atoms with Crippen LogP contribution in [0.3, 0.4) is 0 Å². The number of anilines is 1. The quantitative estimate of drug-likeness (QED) is 0.273. The fourth-order valence-electron chi connectivity index (χ4n) is 5.24. The van der Waals surface area contributed by atoms with Crippen LogP contribution >= 0.6 is 0 Å². The summed E-state index contributed by atoms with van der Waals surface area (Å²) in [6.07, 6.45) is 8.89. The fourth-order valence-corrected chi connectivity index (χ4v) is 5.73. The van der Waals surface area contributed by atoms with E-state index < -0.39 is 9.84 Å². The van der Waals surface area contributed by atoms with Gasteiger partial charge < -0.3 is 5.32 Å². The van der Waals surface area contributed by atoms with Crippen LogP contribution in [0.5, 0.6) is 0 Å². The molecule has 0 amide bonds. The van der Waals surface area contributed by atoms with Crippen molar-refractivity contribution in [3.8, 4) is 11.5 Å². The number of fused-ring (bicyclic) bond motifs is 1. The Hall–Kier alpha value is -4.68. The molecule has 0 radical (unpaired) electrons. The number of rotatable bonds is 9. The SMILES string of the molecule is C=C(C)C(=CC=C(C)CN1CC(c2nc(-c3ccccn3)n[nH]2)C1)C1Nc2nc(S(C)(=O)=O)nn2C=C1c1ccccc1. The van der Waals surface area contributed by atoms with Gasteiger partial charge in [-0.15, -0.1) is 5.10 Å². The standard InChI is InChI=1S/C31H33N9O2S/c1-20(2)24(27-25(22-10-6-5-7-11-22)19-40-30(33-27)35-31(38-40)43(4,41)42)14-13-21(3)16-39-17-23(18-39)28-34-29(37-36-28)26-12-8-9-15-32-26/h5-15,19,23,27H,1,16-18H2,2-4H3,(H,33,35,38)(H,34,36,37). The molecule has 220 valence electrons. The zero-order valence-electron chi connectivity index (χ0n) is 24.3. The van der Waals surface area contributed by atoms with Gasteiger partial charge in [-0.1, -0.05) is 66.3 Å². The number of benzene rings is 1. The third-order valence-electron chi connectivity index (χ3n) is 7.46. The van der Waals surface area contributed by atoms with E-state index in [0.717, 1.165) is 59.7 Å². The predicted molar refractivity (Wildman–Crippen MR) is 167 cm³/mol. The summed E-state index contributed by atoms with van der Waals surface area (Å²) in [7, 11) is -3.57. The second-order valence-electron chi connectivity index (χ2n) is 11.0. The molecule has 6 rings (SSSR count). The van der Waals surface area contributed by atoms with Crippen molar-refractivity contribution < 1.29 is 8.42 Å². The molecule has 11 nitrogen and oxygen atoms in total. The Bertz CT molecular complexity index is 1850. The monoisotopic (exact) mass is 595 g/mol. The molecule has 1 atom stereocenters. The number of aromatic nitrogens is 7. The van der Waals surface area contributed by atoms with E-state index >= 15 is 0 Å². The number of pyridine rings is 1. The lowest BCUT2D eigenvalue weighted by Crippen LogP contribution is -2.46. The molecule has 0 saturated carbocycles. The molecule has 1 aromatic carbocycles. The summed E-state index contributed by atoms with van der Waals surface area (Å²) in [4.78, 5) is 15.6. The van der Waals surface area contributed by atoms with Crippen LogP contribution in [0.2, 0.25) is 0 Å². The van der Waals surface area contributed by atoms with E-state index in [0.29, 0.717) is 17.7 Å². The van der Waals surface area contributed by atoms with E-state index in [-0.39, 0.29) is 11.2 Å². The van der Waals surface area contributed by atoms with E-state index in [1.807, 2.05) is 61.7 Å². The smallest absolute Gasteiger partial charge is 0.268 e. The van der Waals surface area contributed by atoms with Gasteiger partial charge in [0.05, 0.1) is 6.04 Å². The normalized spacial score (nSPS) is 18.0. The van der Waals surface area contributed by atoms with Crippen molar-refractivity contribution in [3.05, 3.63) is 102 Å². The van der Waals surface area contributed by atoms with Crippen molar-refractivity contribution in [1.29, 1.82) is 0 Å². The number of nitrogens with one attached hydrogen (secondary N) is 2. The first-order chi connectivity index (χ1) is 20.7. The molecule has 1 unspecified atom stereocenters. The van der Waals surface area contributed by atoms with E-state index in [9.17, 15) is 8.42 Å². The molecule has 1 saturated heterocycles. The molecular weight excluding hydrogens is 562 g/mol. The van der Waals surface area contributed by atoms with Crippen LogP contribution in [0, 0.1) is 0 Å². The number of likely N-dealkylation sites (tertiary alicyclic amines) is 1. The van der Waals surface area contributed by atoms with E-state index in [4.69, 9.17) is 0 Å². The predicted octanol–water partition coefficient (Wildman–Crippen LogP) is 4.20. The van der Waals surface area contributed by atoms with Gasteiger partial charge in [0, 0.05) is 49.8 Å². The van der Waals surface area contributed by atoms with E-state index in [1.165, 1.54) is 10.3 Å². The highest BCUT2D eigenvalue weighted by atomic mass is 32.2. The van der Waals surface area contributed by atoms with Crippen molar-refractivity contribution in [3.63, 3.8) is 0 Å². The minimum absolute atomic E-state index is 0.220. The summed E-state index contributed by atoms with van der Waals surface area (Å²) < 4.78 is 25.8. The molecule has 43 heavy (non-hydrogen) atoms. The van der Waals surface area contributed by atoms with Crippen molar-refractivity contribution in [1.82, 2.24) is 39.8 Å². The lowest BCUT2D eigenvalue weighted by atomic mass is 9.89. The van der Waals surface area contributed by atoms with Crippen molar-refractivity contribution in [2.24, 2.45) is 0 Å². The van der Waals surface area contributed by atoms with Crippen molar-refractivity contribution >= 4 is 27.6 Å². The summed E-state index contributed by atoms with van der Waals surface area (Å²) in [6.45, 7) is 10.9. The lowest BCUT2D eigenvalue weighted by molar-refractivity contribution is 0.157. The molecule has 1 fully saturated rings. The molecule has 2 aliphatic rings. The van der Waals surface area contributed by atoms with Crippen LogP contribution in [0.4, 0.5) is 5.95 Å². The summed E-state index contributed by atoms with van der Waals surface area (Å²) in [5.74, 6) is 2.17.